The maximum Gasteiger partial charge on any atom is 0.0851 e. The molecule has 0 aliphatic heterocycles. The molecule has 0 saturated heterocycles. The first-order valence-electron chi connectivity index (χ1n) is 3.29. The van der Waals surface area contributed by atoms with E-state index in [4.69, 9.17) is 11.6 Å². The second-order valence-corrected chi connectivity index (χ2v) is 2.60. The second-order valence-electron chi connectivity index (χ2n) is 2.17. The van der Waals surface area contributed by atoms with Crippen LogP contribution < -0.4 is 0 Å². The van der Waals surface area contributed by atoms with Crippen LogP contribution in [0.5, 0.6) is 0 Å². The molecule has 0 amide bonds. The molecular weight excluding hydrogens is 160 g/mol. The molecule has 0 radical (unpaired) electrons. The van der Waals surface area contributed by atoms with Gasteiger partial charge in [-0.1, -0.05) is 11.6 Å². The van der Waals surface area contributed by atoms with Gasteiger partial charge in [0.1, 0.15) is 0 Å². The van der Waals surface area contributed by atoms with Crippen molar-refractivity contribution in [2.45, 2.75) is 6.92 Å². The zero-order valence-electron chi connectivity index (χ0n) is 6.50. The van der Waals surface area contributed by atoms with E-state index in [1.165, 1.54) is 0 Å². The molecule has 3 heteroatoms. The summed E-state index contributed by atoms with van der Waals surface area (Å²) in [5, 5.41) is 0.693. The molecule has 0 aliphatic carbocycles. The molecule has 0 aromatic carbocycles. The first-order chi connectivity index (χ1) is 5.24. The zero-order chi connectivity index (χ0) is 8.27. The molecule has 0 unspecified atom stereocenters. The molecule has 1 heterocycles. The maximum atomic E-state index is 5.75. The smallest absolute Gasteiger partial charge is 0.0851 e. The van der Waals surface area contributed by atoms with Crippen LogP contribution in [0.3, 0.4) is 0 Å². The lowest BCUT2D eigenvalue weighted by molar-refractivity contribution is 1.27. The van der Waals surface area contributed by atoms with E-state index in [0.717, 1.165) is 11.4 Å². The summed E-state index contributed by atoms with van der Waals surface area (Å²) in [6, 6.07) is 3.54. The normalized spacial score (nSPS) is 11.7. The highest BCUT2D eigenvalue weighted by Crippen LogP contribution is 2.08. The van der Waals surface area contributed by atoms with E-state index in [2.05, 4.69) is 9.98 Å². The van der Waals surface area contributed by atoms with Gasteiger partial charge in [-0.2, -0.15) is 0 Å². The third-order valence-electron chi connectivity index (χ3n) is 1.43. The highest BCUT2D eigenvalue weighted by Gasteiger charge is 1.96. The average molecular weight is 169 g/mol. The number of pyridine rings is 1. The van der Waals surface area contributed by atoms with Crippen molar-refractivity contribution < 1.29 is 0 Å². The highest BCUT2D eigenvalue weighted by atomic mass is 35.5. The minimum absolute atomic E-state index is 0.693. The minimum atomic E-state index is 0.693. The van der Waals surface area contributed by atoms with E-state index >= 15 is 0 Å². The largest absolute Gasteiger partial charge is 0.291 e. The van der Waals surface area contributed by atoms with Gasteiger partial charge in [0.15, 0.2) is 0 Å². The minimum Gasteiger partial charge on any atom is -0.291 e. The molecule has 0 spiro atoms. The van der Waals surface area contributed by atoms with Gasteiger partial charge in [0.05, 0.1) is 11.4 Å². The molecule has 1 aromatic heterocycles. The Hall–Kier alpha value is -0.890. The number of aromatic nitrogens is 1. The van der Waals surface area contributed by atoms with Crippen molar-refractivity contribution in [2.24, 2.45) is 4.99 Å². The average Bonchev–Trinajstić information content (AvgIpc) is 2.03. The molecular formula is C8H9ClN2. The SMILES string of the molecule is CN=C(C)c1cc(Cl)ccn1. The Morgan fingerprint density at radius 1 is 1.64 bits per heavy atom. The summed E-state index contributed by atoms with van der Waals surface area (Å²) in [6.07, 6.45) is 1.67. The van der Waals surface area contributed by atoms with Gasteiger partial charge in [-0.15, -0.1) is 0 Å². The Bertz CT molecular complexity index is 281. The molecule has 0 bridgehead atoms. The van der Waals surface area contributed by atoms with Crippen molar-refractivity contribution in [2.75, 3.05) is 7.05 Å². The van der Waals surface area contributed by atoms with Crippen molar-refractivity contribution >= 4 is 17.3 Å². The van der Waals surface area contributed by atoms with E-state index in [1.807, 2.05) is 6.92 Å². The van der Waals surface area contributed by atoms with Gasteiger partial charge < -0.3 is 0 Å². The van der Waals surface area contributed by atoms with Gasteiger partial charge in [-0.25, -0.2) is 0 Å². The summed E-state index contributed by atoms with van der Waals surface area (Å²) in [6.45, 7) is 1.90. The second kappa shape index (κ2) is 3.49. The number of rotatable bonds is 1. The van der Waals surface area contributed by atoms with E-state index in [9.17, 15) is 0 Å². The molecule has 0 N–H and O–H groups in total. The van der Waals surface area contributed by atoms with Crippen molar-refractivity contribution in [3.63, 3.8) is 0 Å². The summed E-state index contributed by atoms with van der Waals surface area (Å²) in [5.41, 5.74) is 1.73. The zero-order valence-corrected chi connectivity index (χ0v) is 7.26. The van der Waals surface area contributed by atoms with E-state index < -0.39 is 0 Å². The Morgan fingerprint density at radius 2 is 2.36 bits per heavy atom. The topological polar surface area (TPSA) is 25.2 Å². The monoisotopic (exact) mass is 168 g/mol. The lowest BCUT2D eigenvalue weighted by Crippen LogP contribution is -1.96. The summed E-state index contributed by atoms with van der Waals surface area (Å²) in [4.78, 5) is 8.09. The van der Waals surface area contributed by atoms with Crippen LogP contribution in [0.1, 0.15) is 12.6 Å². The molecule has 2 nitrogen and oxygen atoms in total. The number of hydrogen-bond acceptors (Lipinski definition) is 2. The first kappa shape index (κ1) is 8.21. The predicted octanol–water partition coefficient (Wildman–Crippen LogP) is 2.17. The summed E-state index contributed by atoms with van der Waals surface area (Å²) in [5.74, 6) is 0. The third kappa shape index (κ3) is 2.02. The molecule has 0 saturated carbocycles. The molecule has 0 aliphatic rings. The van der Waals surface area contributed by atoms with E-state index in [-0.39, 0.29) is 0 Å². The van der Waals surface area contributed by atoms with Crippen molar-refractivity contribution in [1.82, 2.24) is 4.98 Å². The van der Waals surface area contributed by atoms with Crippen molar-refractivity contribution in [3.05, 3.63) is 29.0 Å². The molecule has 11 heavy (non-hydrogen) atoms. The van der Waals surface area contributed by atoms with Crippen LogP contribution in [-0.2, 0) is 0 Å². The number of aliphatic imine (C=N–C) groups is 1. The van der Waals surface area contributed by atoms with E-state index in [0.29, 0.717) is 5.02 Å². The number of hydrogen-bond donors (Lipinski definition) is 0. The van der Waals surface area contributed by atoms with Crippen LogP contribution in [0.25, 0.3) is 0 Å². The van der Waals surface area contributed by atoms with Crippen molar-refractivity contribution in [1.29, 1.82) is 0 Å². The first-order valence-corrected chi connectivity index (χ1v) is 3.67. The molecule has 0 atom stereocenters. The van der Waals surface area contributed by atoms with Crippen LogP contribution in [0.4, 0.5) is 0 Å². The van der Waals surface area contributed by atoms with Crippen molar-refractivity contribution in [3.8, 4) is 0 Å². The molecule has 0 fully saturated rings. The van der Waals surface area contributed by atoms with Gasteiger partial charge in [-0.3, -0.25) is 9.98 Å². The molecule has 58 valence electrons. The van der Waals surface area contributed by atoms with Crippen LogP contribution >= 0.6 is 11.6 Å². The Kier molecular flexibility index (Phi) is 2.60. The molecule has 1 aromatic rings. The van der Waals surface area contributed by atoms with Gasteiger partial charge in [0, 0.05) is 18.3 Å². The standard InChI is InChI=1S/C8H9ClN2/c1-6(10-2)8-5-7(9)3-4-11-8/h3-5H,1-2H3. The Morgan fingerprint density at radius 3 is 2.91 bits per heavy atom. The highest BCUT2D eigenvalue weighted by molar-refractivity contribution is 6.30. The van der Waals surface area contributed by atoms with Gasteiger partial charge in [0.2, 0.25) is 0 Å². The van der Waals surface area contributed by atoms with E-state index in [1.54, 1.807) is 25.4 Å². The van der Waals surface area contributed by atoms with Gasteiger partial charge in [0.25, 0.3) is 0 Å². The lowest BCUT2D eigenvalue weighted by Gasteiger charge is -1.97. The van der Waals surface area contributed by atoms with Crippen LogP contribution in [0.2, 0.25) is 5.02 Å². The fourth-order valence-corrected chi connectivity index (χ4v) is 0.877. The fourth-order valence-electron chi connectivity index (χ4n) is 0.717. The fraction of sp³-hybridized carbons (Fsp3) is 0.250. The summed E-state index contributed by atoms with van der Waals surface area (Å²) >= 11 is 5.75. The summed E-state index contributed by atoms with van der Waals surface area (Å²) < 4.78 is 0. The van der Waals surface area contributed by atoms with Crippen LogP contribution in [0, 0.1) is 0 Å². The molecule has 1 rings (SSSR count). The van der Waals surface area contributed by atoms with Crippen LogP contribution in [0.15, 0.2) is 23.3 Å². The van der Waals surface area contributed by atoms with Gasteiger partial charge in [-0.05, 0) is 19.1 Å². The lowest BCUT2D eigenvalue weighted by atomic mass is 10.2. The van der Waals surface area contributed by atoms with Crippen LogP contribution in [-0.4, -0.2) is 17.7 Å². The predicted molar refractivity (Wildman–Crippen MR) is 47.4 cm³/mol. The quantitative estimate of drug-likeness (QED) is 0.590. The summed E-state index contributed by atoms with van der Waals surface area (Å²) in [7, 11) is 1.73. The number of nitrogens with zero attached hydrogens (tertiary/aromatic N) is 2. The van der Waals surface area contributed by atoms with Gasteiger partial charge >= 0.3 is 0 Å². The third-order valence-corrected chi connectivity index (χ3v) is 1.66. The Balaban J connectivity index is 3.06. The number of halogens is 1. The Labute approximate surface area is 70.9 Å². The maximum absolute atomic E-state index is 5.75.